The van der Waals surface area contributed by atoms with E-state index < -0.39 is 0 Å². The van der Waals surface area contributed by atoms with Crippen molar-refractivity contribution in [3.8, 4) is 22.4 Å². The molecule has 0 aliphatic rings. The van der Waals surface area contributed by atoms with Crippen molar-refractivity contribution >= 4 is 69.6 Å². The van der Waals surface area contributed by atoms with Gasteiger partial charge in [0, 0.05) is 22.9 Å². The van der Waals surface area contributed by atoms with Gasteiger partial charge in [-0.25, -0.2) is 0 Å². The fraction of sp³-hybridized carbons (Fsp3) is 0.0556. The number of halogens is 6. The minimum absolute atomic E-state index is 0.236. The Morgan fingerprint density at radius 1 is 0.692 bits per heavy atom. The van der Waals surface area contributed by atoms with Crippen molar-refractivity contribution in [3.63, 3.8) is 0 Å². The quantitative estimate of drug-likeness (QED) is 0.398. The van der Waals surface area contributed by atoms with Crippen LogP contribution in [0.1, 0.15) is 5.56 Å². The molecule has 26 heavy (non-hydrogen) atoms. The van der Waals surface area contributed by atoms with Crippen LogP contribution >= 0.6 is 69.6 Å². The highest BCUT2D eigenvalue weighted by Crippen LogP contribution is 2.41. The summed E-state index contributed by atoms with van der Waals surface area (Å²) in [5.74, 6) is 0. The van der Waals surface area contributed by atoms with Crippen LogP contribution < -0.4 is 0 Å². The lowest BCUT2D eigenvalue weighted by atomic mass is 10.00. The molecule has 0 atom stereocenters. The van der Waals surface area contributed by atoms with Crippen molar-refractivity contribution in [2.75, 3.05) is 0 Å². The van der Waals surface area contributed by atoms with Crippen LogP contribution in [-0.2, 0) is 6.61 Å². The molecule has 0 aliphatic heterocycles. The van der Waals surface area contributed by atoms with E-state index in [9.17, 15) is 5.11 Å². The lowest BCUT2D eigenvalue weighted by Gasteiger charge is -2.13. The molecule has 0 saturated heterocycles. The van der Waals surface area contributed by atoms with Gasteiger partial charge in [-0.05, 0) is 29.8 Å². The van der Waals surface area contributed by atoms with E-state index in [4.69, 9.17) is 69.6 Å². The average molecular weight is 468 g/mol. The predicted octanol–water partition coefficient (Wildman–Crippen LogP) is 7.83. The molecule has 3 rings (SSSR count). The molecule has 134 valence electrons. The highest BCUT2D eigenvalue weighted by molar-refractivity contribution is 6.49. The molecule has 3 aromatic rings. The van der Waals surface area contributed by atoms with Crippen LogP contribution in [0.25, 0.3) is 22.4 Å². The van der Waals surface area contributed by atoms with Gasteiger partial charge >= 0.3 is 0 Å². The molecule has 8 heteroatoms. The summed E-state index contributed by atoms with van der Waals surface area (Å²) in [5, 5.41) is 11.6. The number of nitrogens with zero attached hydrogens (tertiary/aromatic N) is 1. The molecular formula is C18H9Cl6NO. The second-order valence-corrected chi connectivity index (χ2v) is 7.66. The zero-order valence-corrected chi connectivity index (χ0v) is 17.4. The van der Waals surface area contributed by atoms with Crippen LogP contribution in [0.2, 0.25) is 30.1 Å². The molecule has 1 heterocycles. The number of aliphatic hydroxyl groups is 1. The second kappa shape index (κ2) is 8.12. The summed E-state index contributed by atoms with van der Waals surface area (Å²) in [6, 6.07) is 8.41. The zero-order valence-electron chi connectivity index (χ0n) is 12.8. The first-order chi connectivity index (χ1) is 12.3. The Bertz CT molecular complexity index is 1010. The highest BCUT2D eigenvalue weighted by atomic mass is 35.5. The molecule has 0 saturated carbocycles. The molecule has 2 aromatic carbocycles. The molecule has 1 aromatic heterocycles. The fourth-order valence-corrected chi connectivity index (χ4v) is 3.74. The van der Waals surface area contributed by atoms with Crippen LogP contribution in [0.4, 0.5) is 0 Å². The third kappa shape index (κ3) is 3.65. The van der Waals surface area contributed by atoms with Crippen LogP contribution in [0.15, 0.2) is 36.5 Å². The normalized spacial score (nSPS) is 11.0. The molecule has 0 radical (unpaired) electrons. The predicted molar refractivity (Wildman–Crippen MR) is 111 cm³/mol. The molecular weight excluding hydrogens is 459 g/mol. The molecule has 0 aliphatic carbocycles. The fourth-order valence-electron chi connectivity index (χ4n) is 2.48. The Morgan fingerprint density at radius 2 is 1.23 bits per heavy atom. The van der Waals surface area contributed by atoms with E-state index in [1.54, 1.807) is 36.5 Å². The Balaban J connectivity index is 2.16. The van der Waals surface area contributed by atoms with E-state index in [0.29, 0.717) is 38.0 Å². The number of rotatable bonds is 3. The summed E-state index contributed by atoms with van der Waals surface area (Å²) in [5.41, 5.74) is 2.98. The molecule has 0 amide bonds. The zero-order chi connectivity index (χ0) is 19.0. The van der Waals surface area contributed by atoms with Gasteiger partial charge in [-0.2, -0.15) is 0 Å². The molecule has 0 fully saturated rings. The van der Waals surface area contributed by atoms with E-state index in [0.717, 1.165) is 0 Å². The maximum atomic E-state index is 9.82. The number of aliphatic hydroxyl groups excluding tert-OH is 1. The Labute approximate surface area is 180 Å². The van der Waals surface area contributed by atoms with Gasteiger partial charge in [0.15, 0.2) is 0 Å². The number of pyridine rings is 1. The molecule has 2 nitrogen and oxygen atoms in total. The molecule has 1 N–H and O–H groups in total. The summed E-state index contributed by atoms with van der Waals surface area (Å²) in [6.45, 7) is -0.236. The lowest BCUT2D eigenvalue weighted by molar-refractivity contribution is 0.282. The van der Waals surface area contributed by atoms with E-state index in [1.807, 2.05) is 0 Å². The number of aromatic nitrogens is 1. The topological polar surface area (TPSA) is 33.1 Å². The van der Waals surface area contributed by atoms with E-state index >= 15 is 0 Å². The standard InChI is InChI=1S/C18H9Cl6NO/c19-12-3-1-9(15(21)17(12)23)11-6-25-14(5-8(11)7-26)10-2-4-13(20)18(24)16(10)22/h1-6,26H,7H2. The van der Waals surface area contributed by atoms with Crippen LogP contribution in [0.5, 0.6) is 0 Å². The maximum absolute atomic E-state index is 9.82. The van der Waals surface area contributed by atoms with Crippen molar-refractivity contribution in [1.29, 1.82) is 0 Å². The van der Waals surface area contributed by atoms with Crippen LogP contribution in [0.3, 0.4) is 0 Å². The highest BCUT2D eigenvalue weighted by Gasteiger charge is 2.17. The summed E-state index contributed by atoms with van der Waals surface area (Å²) in [4.78, 5) is 4.43. The van der Waals surface area contributed by atoms with Gasteiger partial charge in [0.2, 0.25) is 0 Å². The monoisotopic (exact) mass is 465 g/mol. The van der Waals surface area contributed by atoms with E-state index in [2.05, 4.69) is 4.98 Å². The van der Waals surface area contributed by atoms with E-state index in [-0.39, 0.29) is 26.7 Å². The second-order valence-electron chi connectivity index (χ2n) is 5.33. The van der Waals surface area contributed by atoms with Gasteiger partial charge < -0.3 is 5.11 Å². The number of benzene rings is 2. The number of hydrogen-bond donors (Lipinski definition) is 1. The van der Waals surface area contributed by atoms with Crippen LogP contribution in [-0.4, -0.2) is 10.1 Å². The Morgan fingerprint density at radius 3 is 1.81 bits per heavy atom. The maximum Gasteiger partial charge on any atom is 0.0785 e. The first kappa shape index (κ1) is 20.0. The minimum Gasteiger partial charge on any atom is -0.392 e. The van der Waals surface area contributed by atoms with Crippen molar-refractivity contribution in [3.05, 3.63) is 72.2 Å². The van der Waals surface area contributed by atoms with Gasteiger partial charge in [0.1, 0.15) is 0 Å². The smallest absolute Gasteiger partial charge is 0.0785 e. The SMILES string of the molecule is OCc1cc(-c2ccc(Cl)c(Cl)c2Cl)ncc1-c1ccc(Cl)c(Cl)c1Cl. The summed E-state index contributed by atoms with van der Waals surface area (Å²) >= 11 is 36.7. The summed E-state index contributed by atoms with van der Waals surface area (Å²) in [7, 11) is 0. The Hall–Kier alpha value is -0.710. The molecule has 0 spiro atoms. The third-order valence-electron chi connectivity index (χ3n) is 3.80. The number of hydrogen-bond acceptors (Lipinski definition) is 2. The van der Waals surface area contributed by atoms with Crippen molar-refractivity contribution in [2.24, 2.45) is 0 Å². The van der Waals surface area contributed by atoms with Gasteiger partial charge in [-0.3, -0.25) is 4.98 Å². The van der Waals surface area contributed by atoms with E-state index in [1.165, 1.54) is 0 Å². The first-order valence-electron chi connectivity index (χ1n) is 7.22. The van der Waals surface area contributed by atoms with Gasteiger partial charge in [0.25, 0.3) is 0 Å². The van der Waals surface area contributed by atoms with Gasteiger partial charge in [-0.15, -0.1) is 0 Å². The largest absolute Gasteiger partial charge is 0.392 e. The van der Waals surface area contributed by atoms with Crippen LogP contribution in [0, 0.1) is 0 Å². The van der Waals surface area contributed by atoms with Gasteiger partial charge in [0.05, 0.1) is 42.4 Å². The third-order valence-corrected chi connectivity index (χ3v) is 6.38. The minimum atomic E-state index is -0.236. The first-order valence-corrected chi connectivity index (χ1v) is 9.49. The van der Waals surface area contributed by atoms with Crippen molar-refractivity contribution < 1.29 is 5.11 Å². The van der Waals surface area contributed by atoms with Crippen molar-refractivity contribution in [1.82, 2.24) is 4.98 Å². The average Bonchev–Trinajstić information content (AvgIpc) is 2.64. The molecule has 0 unspecified atom stereocenters. The molecule has 0 bridgehead atoms. The lowest BCUT2D eigenvalue weighted by Crippen LogP contribution is -1.95. The van der Waals surface area contributed by atoms with Crippen molar-refractivity contribution in [2.45, 2.75) is 6.61 Å². The summed E-state index contributed by atoms with van der Waals surface area (Å²) < 4.78 is 0. The Kier molecular flexibility index (Phi) is 6.25. The van der Waals surface area contributed by atoms with Gasteiger partial charge in [-0.1, -0.05) is 75.7 Å². The summed E-state index contributed by atoms with van der Waals surface area (Å²) in [6.07, 6.45) is 1.59.